The number of nitrogens with zero attached hydrogens (tertiary/aromatic N) is 1. The van der Waals surface area contributed by atoms with Gasteiger partial charge < -0.3 is 0 Å². The van der Waals surface area contributed by atoms with E-state index in [1.807, 2.05) is 12.1 Å². The van der Waals surface area contributed by atoms with Crippen LogP contribution in [0.5, 0.6) is 0 Å². The van der Waals surface area contributed by atoms with Crippen LogP contribution in [0.2, 0.25) is 5.02 Å². The number of hydrogen-bond donors (Lipinski definition) is 0. The molecule has 4 heteroatoms. The van der Waals surface area contributed by atoms with E-state index in [9.17, 15) is 0 Å². The van der Waals surface area contributed by atoms with Crippen molar-refractivity contribution in [1.82, 2.24) is 4.98 Å². The van der Waals surface area contributed by atoms with Crippen LogP contribution >= 0.6 is 39.3 Å². The third kappa shape index (κ3) is 3.88. The van der Waals surface area contributed by atoms with Crippen molar-refractivity contribution < 1.29 is 0 Å². The minimum atomic E-state index is 0.642. The van der Waals surface area contributed by atoms with Gasteiger partial charge in [0.25, 0.3) is 0 Å². The average molecular weight is 281 g/mol. The Morgan fingerprint density at radius 3 is 3.08 bits per heavy atom. The monoisotopic (exact) mass is 279 g/mol. The van der Waals surface area contributed by atoms with Crippen molar-refractivity contribution in [3.05, 3.63) is 23.4 Å². The summed E-state index contributed by atoms with van der Waals surface area (Å²) in [5.74, 6) is 1.69. The first-order chi connectivity index (χ1) is 6.24. The van der Waals surface area contributed by atoms with E-state index in [0.29, 0.717) is 5.92 Å². The molecule has 0 amide bonds. The molecule has 1 aromatic heterocycles. The van der Waals surface area contributed by atoms with E-state index >= 15 is 0 Å². The molecule has 72 valence electrons. The van der Waals surface area contributed by atoms with Crippen LogP contribution in [-0.2, 0) is 0 Å². The predicted octanol–water partition coefficient (Wildman–Crippen LogP) is 3.86. The topological polar surface area (TPSA) is 12.9 Å². The number of pyridine rings is 1. The predicted molar refractivity (Wildman–Crippen MR) is 62.9 cm³/mol. The summed E-state index contributed by atoms with van der Waals surface area (Å²) >= 11 is 11.1. The van der Waals surface area contributed by atoms with E-state index in [1.165, 1.54) is 0 Å². The number of hydrogen-bond acceptors (Lipinski definition) is 2. The Balaban J connectivity index is 2.50. The van der Waals surface area contributed by atoms with Gasteiger partial charge in [0.2, 0.25) is 0 Å². The first-order valence-corrected chi connectivity index (χ1v) is 6.52. The fourth-order valence-electron chi connectivity index (χ4n) is 0.743. The van der Waals surface area contributed by atoms with Gasteiger partial charge in [0.05, 0.1) is 5.02 Å². The summed E-state index contributed by atoms with van der Waals surface area (Å²) in [5.41, 5.74) is 0. The zero-order valence-electron chi connectivity index (χ0n) is 7.34. The Morgan fingerprint density at radius 2 is 2.46 bits per heavy atom. The Bertz CT molecular complexity index is 270. The highest BCUT2D eigenvalue weighted by molar-refractivity contribution is 9.09. The second kappa shape index (κ2) is 5.89. The van der Waals surface area contributed by atoms with Gasteiger partial charge in [0, 0.05) is 17.3 Å². The Labute approximate surface area is 96.4 Å². The Hall–Kier alpha value is 0.270. The number of halogens is 2. The summed E-state index contributed by atoms with van der Waals surface area (Å²) in [6, 6.07) is 3.72. The molecule has 0 saturated heterocycles. The number of alkyl halides is 1. The van der Waals surface area contributed by atoms with Gasteiger partial charge in [-0.25, -0.2) is 4.98 Å². The summed E-state index contributed by atoms with van der Waals surface area (Å²) < 4.78 is 0. The van der Waals surface area contributed by atoms with Gasteiger partial charge in [0.15, 0.2) is 0 Å². The minimum absolute atomic E-state index is 0.642. The van der Waals surface area contributed by atoms with Crippen LogP contribution in [-0.4, -0.2) is 16.1 Å². The third-order valence-electron chi connectivity index (χ3n) is 1.49. The normalized spacial score (nSPS) is 12.8. The van der Waals surface area contributed by atoms with Crippen LogP contribution in [0.4, 0.5) is 0 Å². The molecular formula is C9H11BrClNS. The smallest absolute Gasteiger partial charge is 0.115 e. The van der Waals surface area contributed by atoms with Crippen molar-refractivity contribution in [2.75, 3.05) is 11.1 Å². The molecular weight excluding hydrogens is 270 g/mol. The molecule has 0 N–H and O–H groups in total. The maximum absolute atomic E-state index is 5.96. The molecule has 0 fully saturated rings. The SMILES string of the molecule is CC(CBr)CSc1ncccc1Cl. The first-order valence-electron chi connectivity index (χ1n) is 4.03. The van der Waals surface area contributed by atoms with Gasteiger partial charge in [-0.2, -0.15) is 0 Å². The lowest BCUT2D eigenvalue weighted by Gasteiger charge is -2.06. The maximum atomic E-state index is 5.96. The molecule has 1 aromatic rings. The lowest BCUT2D eigenvalue weighted by atomic mass is 10.3. The lowest BCUT2D eigenvalue weighted by molar-refractivity contribution is 0.769. The average Bonchev–Trinajstić information content (AvgIpc) is 2.16. The molecule has 0 saturated carbocycles. The highest BCUT2D eigenvalue weighted by atomic mass is 79.9. The second-order valence-corrected chi connectivity index (χ2v) is 4.92. The molecule has 0 spiro atoms. The Morgan fingerprint density at radius 1 is 1.69 bits per heavy atom. The van der Waals surface area contributed by atoms with E-state index in [2.05, 4.69) is 27.8 Å². The molecule has 1 heterocycles. The third-order valence-corrected chi connectivity index (χ3v) is 4.35. The fourth-order valence-corrected chi connectivity index (χ4v) is 2.46. The highest BCUT2D eigenvalue weighted by Crippen LogP contribution is 2.25. The molecule has 0 aliphatic heterocycles. The Kier molecular flexibility index (Phi) is 5.14. The zero-order chi connectivity index (χ0) is 9.68. The largest absolute Gasteiger partial charge is 0.248 e. The van der Waals surface area contributed by atoms with Crippen molar-refractivity contribution in [2.45, 2.75) is 11.9 Å². The maximum Gasteiger partial charge on any atom is 0.115 e. The van der Waals surface area contributed by atoms with E-state index in [4.69, 9.17) is 11.6 Å². The molecule has 1 nitrogen and oxygen atoms in total. The van der Waals surface area contributed by atoms with Gasteiger partial charge in [-0.15, -0.1) is 11.8 Å². The van der Waals surface area contributed by atoms with E-state index in [1.54, 1.807) is 18.0 Å². The zero-order valence-corrected chi connectivity index (χ0v) is 10.5. The van der Waals surface area contributed by atoms with E-state index < -0.39 is 0 Å². The number of rotatable bonds is 4. The first kappa shape index (κ1) is 11.3. The second-order valence-electron chi connectivity index (χ2n) is 2.86. The van der Waals surface area contributed by atoms with Crippen molar-refractivity contribution in [1.29, 1.82) is 0 Å². The molecule has 0 aliphatic rings. The van der Waals surface area contributed by atoms with Gasteiger partial charge >= 0.3 is 0 Å². The van der Waals surface area contributed by atoms with Crippen LogP contribution in [0.3, 0.4) is 0 Å². The molecule has 1 rings (SSSR count). The molecule has 0 bridgehead atoms. The summed E-state index contributed by atoms with van der Waals surface area (Å²) in [7, 11) is 0. The lowest BCUT2D eigenvalue weighted by Crippen LogP contribution is -1.99. The minimum Gasteiger partial charge on any atom is -0.248 e. The molecule has 1 unspecified atom stereocenters. The summed E-state index contributed by atoms with van der Waals surface area (Å²) in [5, 5.41) is 2.69. The van der Waals surface area contributed by atoms with Gasteiger partial charge in [-0.1, -0.05) is 34.5 Å². The summed E-state index contributed by atoms with van der Waals surface area (Å²) in [4.78, 5) is 4.20. The summed E-state index contributed by atoms with van der Waals surface area (Å²) in [6.45, 7) is 2.19. The van der Waals surface area contributed by atoms with Crippen molar-refractivity contribution in [3.8, 4) is 0 Å². The van der Waals surface area contributed by atoms with Crippen LogP contribution in [0.25, 0.3) is 0 Å². The fraction of sp³-hybridized carbons (Fsp3) is 0.444. The van der Waals surface area contributed by atoms with Crippen molar-refractivity contribution in [3.63, 3.8) is 0 Å². The van der Waals surface area contributed by atoms with E-state index in [-0.39, 0.29) is 0 Å². The molecule has 0 aromatic carbocycles. The van der Waals surface area contributed by atoms with Crippen molar-refractivity contribution >= 4 is 39.3 Å². The number of aromatic nitrogens is 1. The molecule has 13 heavy (non-hydrogen) atoms. The number of thioether (sulfide) groups is 1. The molecule has 1 atom stereocenters. The van der Waals surface area contributed by atoms with Crippen molar-refractivity contribution in [2.24, 2.45) is 5.92 Å². The summed E-state index contributed by atoms with van der Waals surface area (Å²) in [6.07, 6.45) is 1.77. The van der Waals surface area contributed by atoms with E-state index in [0.717, 1.165) is 21.1 Å². The quantitative estimate of drug-likeness (QED) is 0.613. The van der Waals surface area contributed by atoms with Crippen LogP contribution in [0.1, 0.15) is 6.92 Å². The van der Waals surface area contributed by atoms with Crippen LogP contribution in [0.15, 0.2) is 23.4 Å². The standard InChI is InChI=1S/C9H11BrClNS/c1-7(5-10)6-13-9-8(11)3-2-4-12-9/h2-4,7H,5-6H2,1H3. The van der Waals surface area contributed by atoms with Gasteiger partial charge in [-0.3, -0.25) is 0 Å². The highest BCUT2D eigenvalue weighted by Gasteiger charge is 2.04. The van der Waals surface area contributed by atoms with Crippen LogP contribution < -0.4 is 0 Å². The molecule has 0 aliphatic carbocycles. The molecule has 0 radical (unpaired) electrons. The van der Waals surface area contributed by atoms with Gasteiger partial charge in [0.1, 0.15) is 5.03 Å². The van der Waals surface area contributed by atoms with Crippen LogP contribution in [0, 0.1) is 5.92 Å². The van der Waals surface area contributed by atoms with Gasteiger partial charge in [-0.05, 0) is 18.1 Å².